The SMILES string of the molecule is O=C(NC(=S)Nc1ccc2c(c1)oc1ccccc12)c1ccc2c(c1)OCCO2. The smallest absolute Gasteiger partial charge is 0.257 e. The maximum atomic E-state index is 12.5. The van der Waals surface area contributed by atoms with Gasteiger partial charge in [-0.05, 0) is 48.6 Å². The summed E-state index contributed by atoms with van der Waals surface area (Å²) in [4.78, 5) is 12.5. The van der Waals surface area contributed by atoms with Gasteiger partial charge in [0.25, 0.3) is 5.91 Å². The second-order valence-electron chi connectivity index (χ2n) is 6.58. The van der Waals surface area contributed by atoms with Crippen molar-refractivity contribution in [1.82, 2.24) is 5.32 Å². The van der Waals surface area contributed by atoms with Gasteiger partial charge >= 0.3 is 0 Å². The Morgan fingerprint density at radius 3 is 2.55 bits per heavy atom. The summed E-state index contributed by atoms with van der Waals surface area (Å²) in [6.45, 7) is 0.963. The summed E-state index contributed by atoms with van der Waals surface area (Å²) in [5.41, 5.74) is 2.74. The quantitative estimate of drug-likeness (QED) is 0.480. The highest BCUT2D eigenvalue weighted by Gasteiger charge is 2.16. The van der Waals surface area contributed by atoms with Crippen LogP contribution in [0.4, 0.5) is 5.69 Å². The maximum absolute atomic E-state index is 12.5. The third-order valence-corrected chi connectivity index (χ3v) is 4.87. The van der Waals surface area contributed by atoms with Crippen molar-refractivity contribution in [2.75, 3.05) is 18.5 Å². The molecule has 2 N–H and O–H groups in total. The number of thiocarbonyl (C=S) groups is 1. The molecule has 0 saturated heterocycles. The summed E-state index contributed by atoms with van der Waals surface area (Å²) in [7, 11) is 0. The third kappa shape index (κ3) is 3.36. The van der Waals surface area contributed by atoms with E-state index >= 15 is 0 Å². The number of hydrogen-bond donors (Lipinski definition) is 2. The van der Waals surface area contributed by atoms with Crippen LogP contribution >= 0.6 is 12.2 Å². The second-order valence-corrected chi connectivity index (χ2v) is 6.98. The summed E-state index contributed by atoms with van der Waals surface area (Å²) in [5.74, 6) is 0.857. The molecule has 29 heavy (non-hydrogen) atoms. The van der Waals surface area contributed by atoms with Crippen molar-refractivity contribution in [3.8, 4) is 11.5 Å². The van der Waals surface area contributed by atoms with Crippen LogP contribution in [0.3, 0.4) is 0 Å². The molecule has 1 aliphatic heterocycles. The topological polar surface area (TPSA) is 72.7 Å². The van der Waals surface area contributed by atoms with Crippen LogP contribution in [-0.4, -0.2) is 24.2 Å². The Balaban J connectivity index is 1.31. The monoisotopic (exact) mass is 404 g/mol. The number of ether oxygens (including phenoxy) is 2. The fraction of sp³-hybridized carbons (Fsp3) is 0.0909. The fourth-order valence-electron chi connectivity index (χ4n) is 3.33. The molecule has 0 atom stereocenters. The number of benzene rings is 3. The molecule has 2 heterocycles. The Bertz CT molecular complexity index is 1260. The van der Waals surface area contributed by atoms with Crippen molar-refractivity contribution >= 4 is 50.9 Å². The van der Waals surface area contributed by atoms with Gasteiger partial charge in [-0.3, -0.25) is 10.1 Å². The lowest BCUT2D eigenvalue weighted by atomic mass is 10.1. The van der Waals surface area contributed by atoms with Gasteiger partial charge < -0.3 is 19.2 Å². The highest BCUT2D eigenvalue weighted by atomic mass is 32.1. The fourth-order valence-corrected chi connectivity index (χ4v) is 3.54. The zero-order chi connectivity index (χ0) is 19.8. The lowest BCUT2D eigenvalue weighted by Crippen LogP contribution is -2.34. The summed E-state index contributed by atoms with van der Waals surface area (Å²) in [6, 6.07) is 18.6. The molecule has 0 saturated carbocycles. The van der Waals surface area contributed by atoms with Crippen LogP contribution in [-0.2, 0) is 0 Å². The molecular weight excluding hydrogens is 388 g/mol. The van der Waals surface area contributed by atoms with Crippen molar-refractivity contribution in [2.24, 2.45) is 0 Å². The lowest BCUT2D eigenvalue weighted by molar-refractivity contribution is 0.0976. The van der Waals surface area contributed by atoms with E-state index in [0.29, 0.717) is 30.3 Å². The molecule has 0 aliphatic carbocycles. The van der Waals surface area contributed by atoms with Gasteiger partial charge in [-0.25, -0.2) is 0 Å². The number of para-hydroxylation sites is 1. The van der Waals surface area contributed by atoms with Gasteiger partial charge in [0.1, 0.15) is 24.4 Å². The molecule has 0 spiro atoms. The van der Waals surface area contributed by atoms with E-state index in [-0.39, 0.29) is 11.0 Å². The first-order valence-corrected chi connectivity index (χ1v) is 9.51. The Morgan fingerprint density at radius 2 is 1.66 bits per heavy atom. The first-order valence-electron chi connectivity index (χ1n) is 9.11. The maximum Gasteiger partial charge on any atom is 0.257 e. The molecule has 0 bridgehead atoms. The van der Waals surface area contributed by atoms with Crippen molar-refractivity contribution in [2.45, 2.75) is 0 Å². The first kappa shape index (κ1) is 17.5. The van der Waals surface area contributed by atoms with E-state index in [9.17, 15) is 4.79 Å². The lowest BCUT2D eigenvalue weighted by Gasteiger charge is -2.18. The molecule has 1 aromatic heterocycles. The normalized spacial score (nSPS) is 12.7. The Hall–Kier alpha value is -3.58. The Labute approximate surface area is 171 Å². The summed E-state index contributed by atoms with van der Waals surface area (Å²) in [5, 5.41) is 7.98. The summed E-state index contributed by atoms with van der Waals surface area (Å²) >= 11 is 5.29. The van der Waals surface area contributed by atoms with Gasteiger partial charge in [-0.1, -0.05) is 18.2 Å². The van der Waals surface area contributed by atoms with Gasteiger partial charge in [0.05, 0.1) is 0 Å². The zero-order valence-electron chi connectivity index (χ0n) is 15.2. The number of anilines is 1. The molecule has 0 unspecified atom stereocenters. The third-order valence-electron chi connectivity index (χ3n) is 4.67. The van der Waals surface area contributed by atoms with Crippen molar-refractivity contribution in [1.29, 1.82) is 0 Å². The Morgan fingerprint density at radius 1 is 0.862 bits per heavy atom. The summed E-state index contributed by atoms with van der Waals surface area (Å²) in [6.07, 6.45) is 0. The number of carbonyl (C=O) groups is 1. The van der Waals surface area contributed by atoms with Gasteiger partial charge in [0.2, 0.25) is 0 Å². The minimum atomic E-state index is -0.329. The number of amides is 1. The first-order chi connectivity index (χ1) is 14.2. The average Bonchev–Trinajstić information content (AvgIpc) is 3.11. The largest absolute Gasteiger partial charge is 0.486 e. The van der Waals surface area contributed by atoms with Crippen molar-refractivity contribution < 1.29 is 18.7 Å². The van der Waals surface area contributed by atoms with E-state index < -0.39 is 0 Å². The Kier molecular flexibility index (Phi) is 4.29. The van der Waals surface area contributed by atoms with Gasteiger partial charge in [0, 0.05) is 28.1 Å². The molecule has 5 rings (SSSR count). The van der Waals surface area contributed by atoms with E-state index in [4.69, 9.17) is 26.1 Å². The van der Waals surface area contributed by atoms with Crippen LogP contribution in [0.25, 0.3) is 21.9 Å². The van der Waals surface area contributed by atoms with Crippen LogP contribution in [0.15, 0.2) is 65.1 Å². The average molecular weight is 404 g/mol. The van der Waals surface area contributed by atoms with Crippen LogP contribution in [0.5, 0.6) is 11.5 Å². The standard InChI is InChI=1S/C22H16N2O4S/c25-21(13-5-8-18-20(11-13)27-10-9-26-18)24-22(29)23-14-6-7-16-15-3-1-2-4-17(15)28-19(16)12-14/h1-8,11-12H,9-10H2,(H2,23,24,25,29). The molecule has 7 heteroatoms. The van der Waals surface area contributed by atoms with Crippen LogP contribution in [0.1, 0.15) is 10.4 Å². The van der Waals surface area contributed by atoms with E-state index in [2.05, 4.69) is 10.6 Å². The van der Waals surface area contributed by atoms with Crippen molar-refractivity contribution in [3.05, 3.63) is 66.2 Å². The summed E-state index contributed by atoms with van der Waals surface area (Å²) < 4.78 is 16.9. The minimum absolute atomic E-state index is 0.195. The van der Waals surface area contributed by atoms with E-state index in [1.807, 2.05) is 42.5 Å². The highest BCUT2D eigenvalue weighted by Crippen LogP contribution is 2.31. The van der Waals surface area contributed by atoms with Gasteiger partial charge in [-0.2, -0.15) is 0 Å². The van der Waals surface area contributed by atoms with Crippen molar-refractivity contribution in [3.63, 3.8) is 0 Å². The predicted molar refractivity (Wildman–Crippen MR) is 115 cm³/mol. The molecule has 3 aromatic carbocycles. The van der Waals surface area contributed by atoms with Crippen LogP contribution in [0.2, 0.25) is 0 Å². The molecule has 4 aromatic rings. The number of furan rings is 1. The number of carbonyl (C=O) groups excluding carboxylic acids is 1. The molecule has 0 fully saturated rings. The molecule has 0 radical (unpaired) electrons. The highest BCUT2D eigenvalue weighted by molar-refractivity contribution is 7.80. The number of fused-ring (bicyclic) bond motifs is 4. The molecule has 1 aliphatic rings. The molecule has 144 valence electrons. The number of rotatable bonds is 2. The molecule has 1 amide bonds. The van der Waals surface area contributed by atoms with E-state index in [1.165, 1.54) is 0 Å². The van der Waals surface area contributed by atoms with Crippen LogP contribution < -0.4 is 20.1 Å². The predicted octanol–water partition coefficient (Wildman–Crippen LogP) is 4.48. The number of hydrogen-bond acceptors (Lipinski definition) is 5. The van der Waals surface area contributed by atoms with E-state index in [0.717, 1.165) is 27.6 Å². The van der Waals surface area contributed by atoms with Gasteiger partial charge in [0.15, 0.2) is 16.6 Å². The van der Waals surface area contributed by atoms with Gasteiger partial charge in [-0.15, -0.1) is 0 Å². The molecular formula is C22H16N2O4S. The zero-order valence-corrected chi connectivity index (χ0v) is 16.0. The van der Waals surface area contributed by atoms with Crippen LogP contribution in [0, 0.1) is 0 Å². The molecule has 6 nitrogen and oxygen atoms in total. The minimum Gasteiger partial charge on any atom is -0.486 e. The second kappa shape index (κ2) is 7.10. The number of nitrogens with one attached hydrogen (secondary N) is 2. The van der Waals surface area contributed by atoms with E-state index in [1.54, 1.807) is 18.2 Å².